The predicted molar refractivity (Wildman–Crippen MR) is 61.0 cm³/mol. The Balaban J connectivity index is 2.14. The Labute approximate surface area is 104 Å². The molecule has 18 heavy (non-hydrogen) atoms. The molecular weight excluding hydrogens is 240 g/mol. The number of esters is 1. The second-order valence-corrected chi connectivity index (χ2v) is 3.57. The van der Waals surface area contributed by atoms with Crippen molar-refractivity contribution in [3.05, 3.63) is 17.5 Å². The molecule has 0 aliphatic heterocycles. The van der Waals surface area contributed by atoms with Gasteiger partial charge in [0.1, 0.15) is 0 Å². The van der Waals surface area contributed by atoms with Crippen molar-refractivity contribution in [2.75, 3.05) is 13.2 Å². The van der Waals surface area contributed by atoms with E-state index in [-0.39, 0.29) is 11.7 Å². The van der Waals surface area contributed by atoms with Gasteiger partial charge in [-0.3, -0.25) is 4.79 Å². The highest BCUT2D eigenvalue weighted by Gasteiger charge is 2.10. The van der Waals surface area contributed by atoms with Crippen molar-refractivity contribution in [2.45, 2.75) is 26.3 Å². The van der Waals surface area contributed by atoms with Gasteiger partial charge in [-0.15, -0.1) is 0 Å². The van der Waals surface area contributed by atoms with Crippen LogP contribution < -0.4 is 5.32 Å². The third kappa shape index (κ3) is 4.96. The van der Waals surface area contributed by atoms with E-state index in [2.05, 4.69) is 10.5 Å². The fourth-order valence-electron chi connectivity index (χ4n) is 1.30. The van der Waals surface area contributed by atoms with Crippen molar-refractivity contribution < 1.29 is 24.0 Å². The average molecular weight is 256 g/mol. The Kier molecular flexibility index (Phi) is 5.86. The number of hydrogen-bond acceptors (Lipinski definition) is 6. The monoisotopic (exact) mass is 256 g/mol. The van der Waals surface area contributed by atoms with Gasteiger partial charge in [-0.25, -0.2) is 4.79 Å². The van der Waals surface area contributed by atoms with Crippen LogP contribution in [0.5, 0.6) is 0 Å². The number of aromatic nitrogens is 1. The maximum Gasteiger partial charge on any atom is 0.358 e. The first-order valence-electron chi connectivity index (χ1n) is 5.68. The Bertz CT molecular complexity index is 402. The van der Waals surface area contributed by atoms with Crippen LogP contribution in [0.4, 0.5) is 0 Å². The summed E-state index contributed by atoms with van der Waals surface area (Å²) in [5, 5.41) is 15.0. The molecule has 0 amide bonds. The summed E-state index contributed by atoms with van der Waals surface area (Å²) >= 11 is 0. The number of rotatable bonds is 8. The molecule has 0 saturated carbocycles. The molecule has 0 unspecified atom stereocenters. The third-order valence-corrected chi connectivity index (χ3v) is 2.12. The second kappa shape index (κ2) is 7.44. The third-order valence-electron chi connectivity index (χ3n) is 2.12. The maximum absolute atomic E-state index is 11.0. The summed E-state index contributed by atoms with van der Waals surface area (Å²) in [6, 6.07) is 1.36. The van der Waals surface area contributed by atoms with Gasteiger partial charge in [0.25, 0.3) is 0 Å². The van der Waals surface area contributed by atoms with Crippen LogP contribution in [0.25, 0.3) is 0 Å². The van der Waals surface area contributed by atoms with Crippen LogP contribution in [0.1, 0.15) is 36.0 Å². The second-order valence-electron chi connectivity index (χ2n) is 3.57. The SMILES string of the molecule is CCOC(=O)CCCNCc1cc(C(=O)O)no1. The molecule has 1 heterocycles. The summed E-state index contributed by atoms with van der Waals surface area (Å²) in [4.78, 5) is 21.5. The molecule has 0 aliphatic rings. The largest absolute Gasteiger partial charge is 0.476 e. The molecule has 7 heteroatoms. The molecule has 2 N–H and O–H groups in total. The Hall–Kier alpha value is -1.89. The fourth-order valence-corrected chi connectivity index (χ4v) is 1.30. The van der Waals surface area contributed by atoms with Gasteiger partial charge >= 0.3 is 11.9 Å². The standard InChI is InChI=1S/C11H16N2O5/c1-2-17-10(14)4-3-5-12-7-8-6-9(11(15)16)13-18-8/h6,12H,2-5,7H2,1H3,(H,15,16). The van der Waals surface area contributed by atoms with Gasteiger partial charge in [0, 0.05) is 12.5 Å². The number of aromatic carboxylic acids is 1. The summed E-state index contributed by atoms with van der Waals surface area (Å²) in [5.41, 5.74) is -0.113. The lowest BCUT2D eigenvalue weighted by Crippen LogP contribution is -2.16. The number of nitrogens with zero attached hydrogens (tertiary/aromatic N) is 1. The van der Waals surface area contributed by atoms with Crippen molar-refractivity contribution in [3.63, 3.8) is 0 Å². The van der Waals surface area contributed by atoms with Crippen LogP contribution in [0.2, 0.25) is 0 Å². The Morgan fingerprint density at radius 3 is 2.94 bits per heavy atom. The van der Waals surface area contributed by atoms with E-state index in [0.29, 0.717) is 38.3 Å². The van der Waals surface area contributed by atoms with Crippen LogP contribution >= 0.6 is 0 Å². The van der Waals surface area contributed by atoms with Crippen molar-refractivity contribution in [1.29, 1.82) is 0 Å². The van der Waals surface area contributed by atoms with E-state index in [0.717, 1.165) is 0 Å². The molecule has 1 aromatic rings. The molecule has 0 aromatic carbocycles. The molecule has 1 aromatic heterocycles. The number of carboxylic acid groups (broad SMARTS) is 1. The predicted octanol–water partition coefficient (Wildman–Crippen LogP) is 0.806. The van der Waals surface area contributed by atoms with Crippen molar-refractivity contribution in [2.24, 2.45) is 0 Å². The first kappa shape index (κ1) is 14.2. The van der Waals surface area contributed by atoms with Gasteiger partial charge in [-0.2, -0.15) is 0 Å². The maximum atomic E-state index is 11.0. The molecule has 0 radical (unpaired) electrons. The lowest BCUT2D eigenvalue weighted by Gasteiger charge is -2.02. The fraction of sp³-hybridized carbons (Fsp3) is 0.545. The molecule has 0 saturated heterocycles. The first-order chi connectivity index (χ1) is 8.63. The summed E-state index contributed by atoms with van der Waals surface area (Å²) < 4.78 is 9.58. The van der Waals surface area contributed by atoms with E-state index in [1.165, 1.54) is 6.07 Å². The summed E-state index contributed by atoms with van der Waals surface area (Å²) in [6.07, 6.45) is 1.01. The van der Waals surface area contributed by atoms with Crippen LogP contribution in [0.3, 0.4) is 0 Å². The molecule has 0 spiro atoms. The van der Waals surface area contributed by atoms with E-state index in [1.54, 1.807) is 6.92 Å². The minimum absolute atomic E-state index is 0.113. The van der Waals surface area contributed by atoms with Crippen molar-refractivity contribution >= 4 is 11.9 Å². The normalized spacial score (nSPS) is 10.3. The van der Waals surface area contributed by atoms with Gasteiger partial charge in [0.15, 0.2) is 11.5 Å². The highest BCUT2D eigenvalue weighted by atomic mass is 16.5. The minimum atomic E-state index is -1.12. The molecule has 100 valence electrons. The van der Waals surface area contributed by atoms with Gasteiger partial charge in [0.2, 0.25) is 0 Å². The lowest BCUT2D eigenvalue weighted by molar-refractivity contribution is -0.143. The number of ether oxygens (including phenoxy) is 1. The van der Waals surface area contributed by atoms with E-state index in [1.807, 2.05) is 0 Å². The number of nitrogens with one attached hydrogen (secondary N) is 1. The molecule has 7 nitrogen and oxygen atoms in total. The van der Waals surface area contributed by atoms with Gasteiger partial charge in [0.05, 0.1) is 13.2 Å². The van der Waals surface area contributed by atoms with Crippen LogP contribution in [-0.2, 0) is 16.1 Å². The zero-order chi connectivity index (χ0) is 13.4. The molecule has 0 fully saturated rings. The van der Waals surface area contributed by atoms with E-state index in [9.17, 15) is 9.59 Å². The van der Waals surface area contributed by atoms with Crippen LogP contribution in [-0.4, -0.2) is 35.4 Å². The number of carboxylic acids is 1. The summed E-state index contributed by atoms with van der Waals surface area (Å²) in [5.74, 6) is -0.886. The highest BCUT2D eigenvalue weighted by molar-refractivity contribution is 5.85. The van der Waals surface area contributed by atoms with Crippen molar-refractivity contribution in [1.82, 2.24) is 10.5 Å². The Morgan fingerprint density at radius 2 is 2.33 bits per heavy atom. The van der Waals surface area contributed by atoms with E-state index >= 15 is 0 Å². The quantitative estimate of drug-likeness (QED) is 0.524. The lowest BCUT2D eigenvalue weighted by atomic mass is 10.3. The zero-order valence-corrected chi connectivity index (χ0v) is 10.1. The number of carbonyl (C=O) groups excluding carboxylic acids is 1. The smallest absolute Gasteiger partial charge is 0.358 e. The first-order valence-corrected chi connectivity index (χ1v) is 5.68. The molecule has 0 bridgehead atoms. The van der Waals surface area contributed by atoms with E-state index < -0.39 is 5.97 Å². The van der Waals surface area contributed by atoms with Crippen LogP contribution in [0, 0.1) is 0 Å². The van der Waals surface area contributed by atoms with Gasteiger partial charge < -0.3 is 19.7 Å². The molecular formula is C11H16N2O5. The summed E-state index contributed by atoms with van der Waals surface area (Å²) in [6.45, 7) is 3.15. The molecule has 0 aliphatic carbocycles. The molecule has 0 atom stereocenters. The Morgan fingerprint density at radius 1 is 1.56 bits per heavy atom. The average Bonchev–Trinajstić information content (AvgIpc) is 2.78. The highest BCUT2D eigenvalue weighted by Crippen LogP contribution is 2.03. The zero-order valence-electron chi connectivity index (χ0n) is 10.1. The van der Waals surface area contributed by atoms with Gasteiger partial charge in [-0.05, 0) is 19.9 Å². The summed E-state index contributed by atoms with van der Waals surface area (Å²) in [7, 11) is 0. The molecule has 1 rings (SSSR count). The van der Waals surface area contributed by atoms with Crippen molar-refractivity contribution in [3.8, 4) is 0 Å². The number of hydrogen-bond donors (Lipinski definition) is 2. The minimum Gasteiger partial charge on any atom is -0.476 e. The van der Waals surface area contributed by atoms with Crippen LogP contribution in [0.15, 0.2) is 10.6 Å². The van der Waals surface area contributed by atoms with E-state index in [4.69, 9.17) is 14.4 Å². The topological polar surface area (TPSA) is 102 Å². The van der Waals surface area contributed by atoms with Gasteiger partial charge in [-0.1, -0.05) is 5.16 Å². The number of carbonyl (C=O) groups is 2.